The third kappa shape index (κ3) is 3.58. The Hall–Kier alpha value is -1.40. The van der Waals surface area contributed by atoms with Gasteiger partial charge in [0.25, 0.3) is 5.91 Å². The minimum Gasteiger partial charge on any atom is -0.388 e. The summed E-state index contributed by atoms with van der Waals surface area (Å²) in [6.45, 7) is 5.62. The molecule has 0 radical (unpaired) electrons. The minimum absolute atomic E-state index is 0.124. The molecule has 0 bridgehead atoms. The molecule has 3 rings (SSSR count). The van der Waals surface area contributed by atoms with E-state index in [2.05, 4.69) is 24.3 Å². The molecule has 128 valence electrons. The molecule has 1 aliphatic carbocycles. The van der Waals surface area contributed by atoms with Gasteiger partial charge in [0, 0.05) is 44.6 Å². The van der Waals surface area contributed by atoms with Crippen LogP contribution in [0.2, 0.25) is 0 Å². The van der Waals surface area contributed by atoms with E-state index in [1.807, 2.05) is 4.68 Å². The molecule has 1 aromatic rings. The fourth-order valence-corrected chi connectivity index (χ4v) is 3.10. The van der Waals surface area contributed by atoms with Gasteiger partial charge in [-0.1, -0.05) is 6.92 Å². The number of aromatic nitrogens is 2. The highest BCUT2D eigenvalue weighted by atomic mass is 16.5. The Bertz CT molecular complexity index is 559. The average molecular weight is 321 g/mol. The number of carbonyl (C=O) groups is 1. The first kappa shape index (κ1) is 16.5. The van der Waals surface area contributed by atoms with Crippen LogP contribution in [0.3, 0.4) is 0 Å². The standard InChI is InChI=1S/C17H27N3O3/c1-3-12(2)20-15(13-4-5-13)14(10-19-20)16(21)18-11-17(22)6-8-23-9-7-17/h10,12-13,22H,3-9,11H2,1-2H3,(H,18,21)/t12-/m1/s1. The van der Waals surface area contributed by atoms with E-state index in [1.54, 1.807) is 6.20 Å². The normalized spacial score (nSPS) is 21.9. The number of hydrogen-bond donors (Lipinski definition) is 2. The fraction of sp³-hybridized carbons (Fsp3) is 0.765. The highest BCUT2D eigenvalue weighted by Crippen LogP contribution is 2.42. The summed E-state index contributed by atoms with van der Waals surface area (Å²) in [6.07, 6.45) is 6.06. The summed E-state index contributed by atoms with van der Waals surface area (Å²) >= 11 is 0. The van der Waals surface area contributed by atoms with E-state index >= 15 is 0 Å². The van der Waals surface area contributed by atoms with Gasteiger partial charge in [-0.2, -0.15) is 5.10 Å². The number of rotatable bonds is 6. The summed E-state index contributed by atoms with van der Waals surface area (Å²) in [7, 11) is 0. The molecule has 2 N–H and O–H groups in total. The summed E-state index contributed by atoms with van der Waals surface area (Å²) in [5, 5.41) is 17.8. The van der Waals surface area contributed by atoms with Crippen molar-refractivity contribution in [2.75, 3.05) is 19.8 Å². The van der Waals surface area contributed by atoms with Crippen molar-refractivity contribution in [1.82, 2.24) is 15.1 Å². The molecule has 1 aromatic heterocycles. The summed E-state index contributed by atoms with van der Waals surface area (Å²) in [6, 6.07) is 0.298. The van der Waals surface area contributed by atoms with E-state index in [0.29, 0.717) is 43.6 Å². The number of carbonyl (C=O) groups excluding carboxylic acids is 1. The van der Waals surface area contributed by atoms with Gasteiger partial charge in [0.1, 0.15) is 0 Å². The van der Waals surface area contributed by atoms with Crippen LogP contribution in [0.5, 0.6) is 0 Å². The fourth-order valence-electron chi connectivity index (χ4n) is 3.10. The van der Waals surface area contributed by atoms with E-state index in [4.69, 9.17) is 4.74 Å². The lowest BCUT2D eigenvalue weighted by Crippen LogP contribution is -2.46. The maximum Gasteiger partial charge on any atom is 0.254 e. The molecule has 0 unspecified atom stereocenters. The molecular weight excluding hydrogens is 294 g/mol. The van der Waals surface area contributed by atoms with Gasteiger partial charge < -0.3 is 15.2 Å². The zero-order valence-electron chi connectivity index (χ0n) is 14.0. The molecule has 2 aliphatic rings. The SMILES string of the molecule is CC[C@@H](C)n1ncc(C(=O)NCC2(O)CCOCC2)c1C1CC1. The molecule has 6 nitrogen and oxygen atoms in total. The van der Waals surface area contributed by atoms with E-state index in [1.165, 1.54) is 0 Å². The number of aliphatic hydroxyl groups is 1. The van der Waals surface area contributed by atoms with Crippen molar-refractivity contribution >= 4 is 5.91 Å². The van der Waals surface area contributed by atoms with Gasteiger partial charge in [0.15, 0.2) is 0 Å². The predicted molar refractivity (Wildman–Crippen MR) is 86.5 cm³/mol. The van der Waals surface area contributed by atoms with Crippen molar-refractivity contribution < 1.29 is 14.6 Å². The largest absolute Gasteiger partial charge is 0.388 e. The Morgan fingerprint density at radius 3 is 2.83 bits per heavy atom. The van der Waals surface area contributed by atoms with Crippen LogP contribution >= 0.6 is 0 Å². The van der Waals surface area contributed by atoms with Gasteiger partial charge in [0.2, 0.25) is 0 Å². The first-order valence-electron chi connectivity index (χ1n) is 8.70. The van der Waals surface area contributed by atoms with Crippen LogP contribution in [0, 0.1) is 0 Å². The topological polar surface area (TPSA) is 76.4 Å². The smallest absolute Gasteiger partial charge is 0.254 e. The minimum atomic E-state index is -0.847. The van der Waals surface area contributed by atoms with Crippen molar-refractivity contribution in [2.24, 2.45) is 0 Å². The van der Waals surface area contributed by atoms with Crippen LogP contribution in [-0.4, -0.2) is 46.2 Å². The Morgan fingerprint density at radius 1 is 1.52 bits per heavy atom. The van der Waals surface area contributed by atoms with Crippen molar-refractivity contribution in [3.63, 3.8) is 0 Å². The molecule has 2 fully saturated rings. The third-order valence-corrected chi connectivity index (χ3v) is 5.05. The third-order valence-electron chi connectivity index (χ3n) is 5.05. The summed E-state index contributed by atoms with van der Waals surface area (Å²) in [5.74, 6) is 0.333. The lowest BCUT2D eigenvalue weighted by Gasteiger charge is -2.32. The summed E-state index contributed by atoms with van der Waals surface area (Å²) < 4.78 is 7.28. The van der Waals surface area contributed by atoms with E-state index in [-0.39, 0.29) is 12.5 Å². The first-order chi connectivity index (χ1) is 11.0. The van der Waals surface area contributed by atoms with Gasteiger partial charge in [-0.25, -0.2) is 0 Å². The molecule has 1 saturated heterocycles. The molecule has 0 aromatic carbocycles. The molecule has 0 spiro atoms. The zero-order valence-corrected chi connectivity index (χ0v) is 14.0. The van der Waals surface area contributed by atoms with Gasteiger partial charge >= 0.3 is 0 Å². The molecule has 1 saturated carbocycles. The second-order valence-corrected chi connectivity index (χ2v) is 6.94. The highest BCUT2D eigenvalue weighted by molar-refractivity contribution is 5.95. The Labute approximate surface area is 137 Å². The summed E-state index contributed by atoms with van der Waals surface area (Å²) in [5.41, 5.74) is 0.889. The van der Waals surface area contributed by atoms with E-state index in [0.717, 1.165) is 25.0 Å². The maximum atomic E-state index is 12.6. The average Bonchev–Trinajstić information content (AvgIpc) is 3.31. The number of hydrogen-bond acceptors (Lipinski definition) is 4. The van der Waals surface area contributed by atoms with Crippen LogP contribution in [0.25, 0.3) is 0 Å². The van der Waals surface area contributed by atoms with Crippen molar-refractivity contribution in [3.05, 3.63) is 17.5 Å². The first-order valence-corrected chi connectivity index (χ1v) is 8.70. The van der Waals surface area contributed by atoms with Crippen molar-refractivity contribution in [3.8, 4) is 0 Å². The van der Waals surface area contributed by atoms with E-state index in [9.17, 15) is 9.90 Å². The van der Waals surface area contributed by atoms with Crippen LogP contribution in [0.4, 0.5) is 0 Å². The quantitative estimate of drug-likeness (QED) is 0.840. The second kappa shape index (κ2) is 6.61. The van der Waals surface area contributed by atoms with Gasteiger partial charge in [-0.15, -0.1) is 0 Å². The van der Waals surface area contributed by atoms with Crippen LogP contribution in [0.15, 0.2) is 6.20 Å². The molecule has 2 heterocycles. The molecular formula is C17H27N3O3. The molecule has 23 heavy (non-hydrogen) atoms. The van der Waals surface area contributed by atoms with Crippen LogP contribution < -0.4 is 5.32 Å². The Morgan fingerprint density at radius 2 is 2.22 bits per heavy atom. The van der Waals surface area contributed by atoms with Gasteiger partial charge in [-0.3, -0.25) is 9.48 Å². The van der Waals surface area contributed by atoms with Crippen molar-refractivity contribution in [1.29, 1.82) is 0 Å². The number of nitrogens with zero attached hydrogens (tertiary/aromatic N) is 2. The van der Waals surface area contributed by atoms with Crippen molar-refractivity contribution in [2.45, 2.75) is 63.5 Å². The molecule has 1 aliphatic heterocycles. The number of nitrogens with one attached hydrogen (secondary N) is 1. The highest BCUT2D eigenvalue weighted by Gasteiger charge is 2.35. The summed E-state index contributed by atoms with van der Waals surface area (Å²) in [4.78, 5) is 12.6. The Balaban J connectivity index is 1.71. The zero-order chi connectivity index (χ0) is 16.4. The lowest BCUT2D eigenvalue weighted by atomic mass is 9.94. The number of ether oxygens (including phenoxy) is 1. The molecule has 1 amide bonds. The second-order valence-electron chi connectivity index (χ2n) is 6.94. The molecule has 6 heteroatoms. The predicted octanol–water partition coefficient (Wildman–Crippen LogP) is 2.00. The number of amides is 1. The maximum absolute atomic E-state index is 12.6. The Kier molecular flexibility index (Phi) is 4.73. The lowest BCUT2D eigenvalue weighted by molar-refractivity contribution is -0.0605. The van der Waals surface area contributed by atoms with Gasteiger partial charge in [-0.05, 0) is 26.2 Å². The van der Waals surface area contributed by atoms with E-state index < -0.39 is 5.60 Å². The monoisotopic (exact) mass is 321 g/mol. The van der Waals surface area contributed by atoms with Crippen LogP contribution in [-0.2, 0) is 4.74 Å². The van der Waals surface area contributed by atoms with Gasteiger partial charge in [0.05, 0.1) is 23.1 Å². The molecule has 1 atom stereocenters. The van der Waals surface area contributed by atoms with Crippen LogP contribution in [0.1, 0.15) is 74.0 Å².